The second-order valence-corrected chi connectivity index (χ2v) is 9.12. The Hall–Kier alpha value is -3.60. The van der Waals surface area contributed by atoms with Crippen LogP contribution in [-0.4, -0.2) is 51.0 Å². The van der Waals surface area contributed by atoms with Crippen LogP contribution in [0, 0.1) is 0 Å². The number of phenols is 2. The molecule has 11 heteroatoms. The number of carbonyl (C=O) groups is 1. The molecule has 0 amide bonds. The van der Waals surface area contributed by atoms with E-state index in [9.17, 15) is 28.5 Å². The second kappa shape index (κ2) is 8.26. The number of aromatic hydroxyl groups is 2. The molecule has 0 fully saturated rings. The van der Waals surface area contributed by atoms with Crippen molar-refractivity contribution in [2.45, 2.75) is 26.3 Å². The van der Waals surface area contributed by atoms with Gasteiger partial charge >= 0.3 is 5.97 Å². The lowest BCUT2D eigenvalue weighted by atomic mass is 9.96. The molecule has 0 atom stereocenters. The molecule has 0 saturated carbocycles. The van der Waals surface area contributed by atoms with Crippen LogP contribution in [0.3, 0.4) is 0 Å². The van der Waals surface area contributed by atoms with Crippen LogP contribution in [0.15, 0.2) is 36.4 Å². The summed E-state index contributed by atoms with van der Waals surface area (Å²) in [7, 11) is -3.53. The van der Waals surface area contributed by atoms with Crippen LogP contribution in [0.2, 0.25) is 0 Å². The highest BCUT2D eigenvalue weighted by molar-refractivity contribution is 7.92. The molecule has 3 aromatic rings. The molecule has 2 aromatic carbocycles. The summed E-state index contributed by atoms with van der Waals surface area (Å²) in [5, 5.41) is 37.9. The van der Waals surface area contributed by atoms with Crippen LogP contribution in [0.1, 0.15) is 25.3 Å². The van der Waals surface area contributed by atoms with E-state index in [0.717, 1.165) is 10.9 Å². The largest absolute Gasteiger partial charge is 0.508 e. The van der Waals surface area contributed by atoms with Crippen LogP contribution in [0.4, 0.5) is 5.69 Å². The standard InChI is InChI=1S/C20H22N4O6S/c1-11(2)14-8-15(17(26)9-16(14)25)19-20(24(23-21-19)10-18(27)28)12-5-4-6-13(7-12)22-31(3,29)30/h4-9,11,22,25-26H,10H2,1-3H3,(H,27,28). The van der Waals surface area contributed by atoms with Gasteiger partial charge in [0.15, 0.2) is 0 Å². The zero-order chi connectivity index (χ0) is 22.9. The number of carboxylic acids is 1. The van der Waals surface area contributed by atoms with E-state index in [1.807, 2.05) is 13.8 Å². The fourth-order valence-corrected chi connectivity index (χ4v) is 3.76. The number of rotatable bonds is 7. The summed E-state index contributed by atoms with van der Waals surface area (Å²) in [5.41, 5.74) is 2.00. The molecule has 164 valence electrons. The summed E-state index contributed by atoms with van der Waals surface area (Å²) in [6.07, 6.45) is 1.02. The number of nitrogens with one attached hydrogen (secondary N) is 1. The Balaban J connectivity index is 2.24. The maximum Gasteiger partial charge on any atom is 0.325 e. The van der Waals surface area contributed by atoms with Crippen LogP contribution in [-0.2, 0) is 21.4 Å². The summed E-state index contributed by atoms with van der Waals surface area (Å²) < 4.78 is 26.7. The molecule has 0 radical (unpaired) electrons. The SMILES string of the molecule is CC(C)c1cc(-c2nnn(CC(=O)O)c2-c2cccc(NS(C)(=O)=O)c2)c(O)cc1O. The van der Waals surface area contributed by atoms with Crippen molar-refractivity contribution in [2.75, 3.05) is 11.0 Å². The van der Waals surface area contributed by atoms with Gasteiger partial charge in [-0.3, -0.25) is 9.52 Å². The highest BCUT2D eigenvalue weighted by atomic mass is 32.2. The third kappa shape index (κ3) is 4.94. The Bertz CT molecular complexity index is 1250. The van der Waals surface area contributed by atoms with Gasteiger partial charge in [-0.15, -0.1) is 5.10 Å². The molecule has 4 N–H and O–H groups in total. The lowest BCUT2D eigenvalue weighted by molar-refractivity contribution is -0.137. The van der Waals surface area contributed by atoms with Gasteiger partial charge in [0.1, 0.15) is 23.7 Å². The van der Waals surface area contributed by atoms with Gasteiger partial charge in [-0.2, -0.15) is 0 Å². The van der Waals surface area contributed by atoms with Crippen LogP contribution < -0.4 is 4.72 Å². The predicted octanol–water partition coefficient (Wildman–Crippen LogP) is 2.60. The zero-order valence-electron chi connectivity index (χ0n) is 17.1. The van der Waals surface area contributed by atoms with E-state index in [0.29, 0.717) is 11.1 Å². The van der Waals surface area contributed by atoms with Gasteiger partial charge in [-0.05, 0) is 29.7 Å². The number of nitrogens with zero attached hydrogens (tertiary/aromatic N) is 3. The number of phenolic OH excluding ortho intramolecular Hbond substituents is 2. The first-order valence-electron chi connectivity index (χ1n) is 9.26. The lowest BCUT2D eigenvalue weighted by Gasteiger charge is -2.13. The van der Waals surface area contributed by atoms with E-state index in [1.54, 1.807) is 24.3 Å². The fraction of sp³-hybridized carbons (Fsp3) is 0.250. The molecule has 31 heavy (non-hydrogen) atoms. The number of sulfonamides is 1. The monoisotopic (exact) mass is 446 g/mol. The third-order valence-corrected chi connectivity index (χ3v) is 5.09. The fourth-order valence-electron chi connectivity index (χ4n) is 3.21. The first-order valence-corrected chi connectivity index (χ1v) is 11.1. The number of carboxylic acid groups (broad SMARTS) is 1. The first kappa shape index (κ1) is 22.1. The van der Waals surface area contributed by atoms with Crippen molar-refractivity contribution in [3.63, 3.8) is 0 Å². The Labute approximate surface area is 178 Å². The van der Waals surface area contributed by atoms with Crippen LogP contribution in [0.25, 0.3) is 22.5 Å². The quantitative estimate of drug-likeness (QED) is 0.432. The third-order valence-electron chi connectivity index (χ3n) is 4.48. The summed E-state index contributed by atoms with van der Waals surface area (Å²) in [6, 6.07) is 9.08. The van der Waals surface area contributed by atoms with E-state index in [2.05, 4.69) is 15.0 Å². The number of anilines is 1. The van der Waals surface area contributed by atoms with E-state index in [4.69, 9.17) is 0 Å². The average Bonchev–Trinajstić information content (AvgIpc) is 3.02. The molecule has 0 bridgehead atoms. The Morgan fingerprint density at radius 2 is 1.87 bits per heavy atom. The molecule has 3 rings (SSSR count). The minimum absolute atomic E-state index is 0.0563. The van der Waals surface area contributed by atoms with Gasteiger partial charge in [-0.1, -0.05) is 31.2 Å². The van der Waals surface area contributed by atoms with E-state index < -0.39 is 22.5 Å². The minimum atomic E-state index is -3.53. The predicted molar refractivity (Wildman–Crippen MR) is 114 cm³/mol. The highest BCUT2D eigenvalue weighted by Gasteiger charge is 2.23. The van der Waals surface area contributed by atoms with Crippen molar-refractivity contribution in [3.05, 3.63) is 42.0 Å². The van der Waals surface area contributed by atoms with Crippen molar-refractivity contribution in [2.24, 2.45) is 0 Å². The Morgan fingerprint density at radius 1 is 1.16 bits per heavy atom. The zero-order valence-corrected chi connectivity index (χ0v) is 17.9. The van der Waals surface area contributed by atoms with E-state index in [1.165, 1.54) is 12.1 Å². The van der Waals surface area contributed by atoms with Crippen molar-refractivity contribution in [1.82, 2.24) is 15.0 Å². The van der Waals surface area contributed by atoms with Gasteiger partial charge < -0.3 is 15.3 Å². The topological polar surface area (TPSA) is 155 Å². The van der Waals surface area contributed by atoms with Crippen LogP contribution in [0.5, 0.6) is 11.5 Å². The molecule has 0 aliphatic carbocycles. The number of aromatic nitrogens is 3. The lowest BCUT2D eigenvalue weighted by Crippen LogP contribution is -2.12. The van der Waals surface area contributed by atoms with Crippen molar-refractivity contribution >= 4 is 21.7 Å². The van der Waals surface area contributed by atoms with Crippen molar-refractivity contribution in [3.8, 4) is 34.0 Å². The number of aliphatic carboxylic acids is 1. The second-order valence-electron chi connectivity index (χ2n) is 7.38. The van der Waals surface area contributed by atoms with Crippen LogP contribution >= 0.6 is 0 Å². The van der Waals surface area contributed by atoms with Crippen molar-refractivity contribution < 1.29 is 28.5 Å². The smallest absolute Gasteiger partial charge is 0.325 e. The summed E-state index contributed by atoms with van der Waals surface area (Å²) in [4.78, 5) is 11.3. The van der Waals surface area contributed by atoms with Gasteiger partial charge in [-0.25, -0.2) is 13.1 Å². The molecule has 10 nitrogen and oxygen atoms in total. The highest BCUT2D eigenvalue weighted by Crippen LogP contribution is 2.41. The maximum absolute atomic E-state index is 11.6. The van der Waals surface area contributed by atoms with Gasteiger partial charge in [0.25, 0.3) is 0 Å². The van der Waals surface area contributed by atoms with Crippen molar-refractivity contribution in [1.29, 1.82) is 0 Å². The molecular weight excluding hydrogens is 424 g/mol. The van der Waals surface area contributed by atoms with Gasteiger partial charge in [0.05, 0.1) is 11.9 Å². The van der Waals surface area contributed by atoms with E-state index >= 15 is 0 Å². The van der Waals surface area contributed by atoms with Gasteiger partial charge in [0.2, 0.25) is 10.0 Å². The minimum Gasteiger partial charge on any atom is -0.508 e. The Kier molecular flexibility index (Phi) is 5.89. The number of benzene rings is 2. The molecule has 0 spiro atoms. The number of hydrogen-bond acceptors (Lipinski definition) is 7. The molecule has 0 unspecified atom stereocenters. The molecule has 0 aliphatic heterocycles. The normalized spacial score (nSPS) is 11.6. The molecular formula is C20H22N4O6S. The van der Waals surface area contributed by atoms with Gasteiger partial charge in [0, 0.05) is 22.9 Å². The molecule has 1 heterocycles. The Morgan fingerprint density at radius 3 is 2.48 bits per heavy atom. The molecule has 1 aromatic heterocycles. The average molecular weight is 446 g/mol. The summed E-state index contributed by atoms with van der Waals surface area (Å²) in [6.45, 7) is 3.25. The first-order chi connectivity index (χ1) is 14.5. The maximum atomic E-state index is 11.6. The summed E-state index contributed by atoms with van der Waals surface area (Å²) >= 11 is 0. The summed E-state index contributed by atoms with van der Waals surface area (Å²) in [5.74, 6) is -1.54. The molecule has 0 saturated heterocycles. The van der Waals surface area contributed by atoms with E-state index in [-0.39, 0.29) is 40.1 Å². The molecule has 0 aliphatic rings. The number of hydrogen-bond donors (Lipinski definition) is 4.